The number of nitrogens with one attached hydrogen (secondary N) is 1. The predicted octanol–water partition coefficient (Wildman–Crippen LogP) is 6.25. The van der Waals surface area contributed by atoms with Crippen LogP contribution in [0, 0.1) is 23.2 Å². The Morgan fingerprint density at radius 1 is 0.939 bits per heavy atom. The van der Waals surface area contributed by atoms with E-state index in [1.165, 1.54) is 38.5 Å². The number of aromatic nitrogens is 1. The number of amides is 1. The van der Waals surface area contributed by atoms with Gasteiger partial charge in [0.1, 0.15) is 0 Å². The molecule has 0 unspecified atom stereocenters. The molecule has 0 atom stereocenters. The van der Waals surface area contributed by atoms with Crippen molar-refractivity contribution in [3.05, 3.63) is 75.7 Å². The van der Waals surface area contributed by atoms with Gasteiger partial charge >= 0.3 is 0 Å². The van der Waals surface area contributed by atoms with E-state index in [4.69, 9.17) is 11.6 Å². The van der Waals surface area contributed by atoms with Crippen molar-refractivity contribution in [1.82, 2.24) is 4.57 Å². The maximum atomic E-state index is 13.2. The Morgan fingerprint density at radius 3 is 2.33 bits per heavy atom. The van der Waals surface area contributed by atoms with Crippen LogP contribution in [0.4, 0.5) is 5.69 Å². The fraction of sp³-hybridized carbons (Fsp3) is 0.429. The quantitative estimate of drug-likeness (QED) is 0.489. The van der Waals surface area contributed by atoms with Crippen LogP contribution in [0.2, 0.25) is 5.02 Å². The normalized spacial score (nSPS) is 27.7. The molecule has 1 heterocycles. The molecule has 4 aliphatic rings. The molecule has 4 fully saturated rings. The number of halogens is 1. The van der Waals surface area contributed by atoms with Crippen molar-refractivity contribution in [2.45, 2.75) is 51.5 Å². The van der Waals surface area contributed by atoms with Crippen LogP contribution in [0.1, 0.15) is 50.5 Å². The molecule has 0 aliphatic heterocycles. The highest BCUT2D eigenvalue weighted by Gasteiger charge is 2.51. The summed E-state index contributed by atoms with van der Waals surface area (Å²) in [5.74, 6) is 2.58. The van der Waals surface area contributed by atoms with Gasteiger partial charge in [-0.2, -0.15) is 0 Å². The van der Waals surface area contributed by atoms with Crippen LogP contribution in [0.25, 0.3) is 10.8 Å². The molecule has 3 aromatic rings. The van der Waals surface area contributed by atoms with Crippen LogP contribution < -0.4 is 10.9 Å². The molecule has 4 aliphatic carbocycles. The van der Waals surface area contributed by atoms with Crippen molar-refractivity contribution in [1.29, 1.82) is 0 Å². The van der Waals surface area contributed by atoms with Crippen molar-refractivity contribution in [2.24, 2.45) is 23.2 Å². The van der Waals surface area contributed by atoms with E-state index in [9.17, 15) is 9.59 Å². The molecule has 0 radical (unpaired) electrons. The van der Waals surface area contributed by atoms with Gasteiger partial charge in [0.25, 0.3) is 5.56 Å². The average molecular weight is 461 g/mol. The van der Waals surface area contributed by atoms with Gasteiger partial charge in [0.15, 0.2) is 0 Å². The first-order valence-corrected chi connectivity index (χ1v) is 12.5. The maximum absolute atomic E-state index is 13.2. The highest BCUT2D eigenvalue weighted by atomic mass is 35.5. The molecule has 1 aromatic heterocycles. The maximum Gasteiger partial charge on any atom is 0.258 e. The molecule has 7 rings (SSSR count). The van der Waals surface area contributed by atoms with E-state index < -0.39 is 0 Å². The lowest BCUT2D eigenvalue weighted by atomic mass is 9.49. The molecular weight excluding hydrogens is 432 g/mol. The van der Waals surface area contributed by atoms with E-state index in [1.807, 2.05) is 48.5 Å². The van der Waals surface area contributed by atoms with Crippen LogP contribution in [0.3, 0.4) is 0 Å². The van der Waals surface area contributed by atoms with E-state index in [-0.39, 0.29) is 16.9 Å². The highest BCUT2D eigenvalue weighted by molar-refractivity contribution is 6.31. The Hall–Kier alpha value is -2.59. The summed E-state index contributed by atoms with van der Waals surface area (Å²) in [6.45, 7) is 0.414. The summed E-state index contributed by atoms with van der Waals surface area (Å²) in [5, 5.41) is 5.20. The van der Waals surface area contributed by atoms with Crippen LogP contribution in [0.15, 0.2) is 59.5 Å². The van der Waals surface area contributed by atoms with Gasteiger partial charge in [-0.15, -0.1) is 0 Å². The van der Waals surface area contributed by atoms with Gasteiger partial charge in [0.2, 0.25) is 5.91 Å². The molecule has 0 spiro atoms. The molecule has 0 saturated heterocycles. The number of hydrogen-bond acceptors (Lipinski definition) is 2. The van der Waals surface area contributed by atoms with Gasteiger partial charge in [-0.3, -0.25) is 9.59 Å². The minimum absolute atomic E-state index is 0.0791. The highest BCUT2D eigenvalue weighted by Crippen LogP contribution is 2.61. The summed E-state index contributed by atoms with van der Waals surface area (Å²) in [6.07, 6.45) is 10.2. The smallest absolute Gasteiger partial charge is 0.258 e. The number of anilines is 1. The van der Waals surface area contributed by atoms with Crippen LogP contribution in [-0.4, -0.2) is 10.5 Å². The fourth-order valence-corrected chi connectivity index (χ4v) is 7.60. The van der Waals surface area contributed by atoms with Gasteiger partial charge in [0.05, 0.1) is 6.54 Å². The number of nitrogens with zero attached hydrogens (tertiary/aromatic N) is 1. The van der Waals surface area contributed by atoms with Crippen molar-refractivity contribution >= 4 is 34.0 Å². The van der Waals surface area contributed by atoms with Crippen LogP contribution >= 0.6 is 11.6 Å². The summed E-state index contributed by atoms with van der Waals surface area (Å²) in [4.78, 5) is 26.4. The molecule has 4 bridgehead atoms. The molecular formula is C28H29ClN2O2. The molecule has 2 aromatic carbocycles. The largest absolute Gasteiger partial charge is 0.325 e. The van der Waals surface area contributed by atoms with Gasteiger partial charge in [-0.05, 0) is 91.5 Å². The monoisotopic (exact) mass is 460 g/mol. The van der Waals surface area contributed by atoms with Crippen molar-refractivity contribution in [3.8, 4) is 0 Å². The minimum atomic E-state index is -0.0791. The Kier molecular flexibility index (Phi) is 5.10. The van der Waals surface area contributed by atoms with E-state index in [1.54, 1.807) is 10.8 Å². The fourth-order valence-electron chi connectivity index (χ4n) is 7.40. The Bertz CT molecular complexity index is 1260. The molecule has 170 valence electrons. The predicted molar refractivity (Wildman–Crippen MR) is 133 cm³/mol. The van der Waals surface area contributed by atoms with Crippen LogP contribution in [0.5, 0.6) is 0 Å². The van der Waals surface area contributed by atoms with Gasteiger partial charge in [-0.1, -0.05) is 35.9 Å². The standard InChI is InChI=1S/C28H29ClN2O2/c29-24-6-2-1-4-21(24)17-31-9-8-22-23(27(31)33)5-3-7-25(22)30-26(32)16-28-13-18-10-19(14-28)12-20(11-18)15-28/h1-9,18-20H,10-17H2,(H,30,32). The zero-order valence-corrected chi connectivity index (χ0v) is 19.5. The first-order chi connectivity index (χ1) is 16.0. The SMILES string of the molecule is O=C(CC12CC3CC(CC(C3)C1)C2)Nc1cccc2c(=O)n(Cc3ccccc3Cl)ccc12. The first-order valence-electron chi connectivity index (χ1n) is 12.1. The second-order valence-corrected chi connectivity index (χ2v) is 11.2. The molecule has 4 nitrogen and oxygen atoms in total. The van der Waals surface area contributed by atoms with Gasteiger partial charge < -0.3 is 9.88 Å². The molecule has 33 heavy (non-hydrogen) atoms. The summed E-state index contributed by atoms with van der Waals surface area (Å²) in [5.41, 5.74) is 1.75. The molecule has 4 saturated carbocycles. The number of hydrogen-bond donors (Lipinski definition) is 1. The Morgan fingerprint density at radius 2 is 1.64 bits per heavy atom. The third-order valence-electron chi connectivity index (χ3n) is 8.29. The number of benzene rings is 2. The summed E-state index contributed by atoms with van der Waals surface area (Å²) in [6, 6.07) is 15.1. The summed E-state index contributed by atoms with van der Waals surface area (Å²) >= 11 is 6.29. The topological polar surface area (TPSA) is 51.1 Å². The zero-order valence-electron chi connectivity index (χ0n) is 18.7. The number of rotatable bonds is 5. The third kappa shape index (κ3) is 3.89. The van der Waals surface area contributed by atoms with Crippen molar-refractivity contribution < 1.29 is 4.79 Å². The lowest BCUT2D eigenvalue weighted by Crippen LogP contribution is -2.47. The molecule has 5 heteroatoms. The molecule has 1 amide bonds. The average Bonchev–Trinajstić information content (AvgIpc) is 2.76. The Balaban J connectivity index is 1.24. The van der Waals surface area contributed by atoms with E-state index in [0.717, 1.165) is 34.4 Å². The number of fused-ring (bicyclic) bond motifs is 1. The van der Waals surface area contributed by atoms with E-state index in [2.05, 4.69) is 5.32 Å². The van der Waals surface area contributed by atoms with Gasteiger partial charge in [-0.25, -0.2) is 0 Å². The summed E-state index contributed by atoms with van der Waals surface area (Å²) in [7, 11) is 0. The zero-order chi connectivity index (χ0) is 22.6. The van der Waals surface area contributed by atoms with Crippen molar-refractivity contribution in [3.63, 3.8) is 0 Å². The number of pyridine rings is 1. The third-order valence-corrected chi connectivity index (χ3v) is 8.66. The van der Waals surface area contributed by atoms with Crippen molar-refractivity contribution in [2.75, 3.05) is 5.32 Å². The van der Waals surface area contributed by atoms with Crippen LogP contribution in [-0.2, 0) is 11.3 Å². The van der Waals surface area contributed by atoms with E-state index in [0.29, 0.717) is 23.4 Å². The van der Waals surface area contributed by atoms with E-state index >= 15 is 0 Å². The minimum Gasteiger partial charge on any atom is -0.325 e. The second-order valence-electron chi connectivity index (χ2n) is 10.7. The Labute approximate surface area is 199 Å². The number of carbonyl (C=O) groups is 1. The van der Waals surface area contributed by atoms with Gasteiger partial charge in [0, 0.05) is 34.1 Å². The lowest BCUT2D eigenvalue weighted by molar-refractivity contribution is -0.124. The lowest BCUT2D eigenvalue weighted by Gasteiger charge is -2.56. The number of carbonyl (C=O) groups excluding carboxylic acids is 1. The second kappa shape index (κ2) is 8.02. The molecule has 1 N–H and O–H groups in total. The summed E-state index contributed by atoms with van der Waals surface area (Å²) < 4.78 is 1.67. The first kappa shape index (κ1) is 21.0.